The van der Waals surface area contributed by atoms with Gasteiger partial charge in [-0.25, -0.2) is 0 Å². The number of hydrogen-bond donors (Lipinski definition) is 2. The molecule has 0 aliphatic rings. The lowest BCUT2D eigenvalue weighted by Gasteiger charge is -2.02. The predicted molar refractivity (Wildman–Crippen MR) is 86.1 cm³/mol. The first-order valence-electron chi connectivity index (χ1n) is 6.37. The first-order valence-corrected chi connectivity index (χ1v) is 6.37. The quantitative estimate of drug-likeness (QED) is 0.509. The molecule has 0 spiro atoms. The minimum Gasteiger partial charge on any atom is -0.399 e. The van der Waals surface area contributed by atoms with Crippen LogP contribution in [0.15, 0.2) is 58.7 Å². The zero-order valence-electron chi connectivity index (χ0n) is 11.7. The SMILES string of the molecule is C/C(=N\N=C(/C)c1cccc(N)c1)c1cccc(N)c1. The maximum Gasteiger partial charge on any atom is 0.0672 e. The van der Waals surface area contributed by atoms with E-state index in [4.69, 9.17) is 11.5 Å². The smallest absolute Gasteiger partial charge is 0.0672 e. The molecule has 0 saturated carbocycles. The van der Waals surface area contributed by atoms with Crippen molar-refractivity contribution in [2.24, 2.45) is 10.2 Å². The van der Waals surface area contributed by atoms with Gasteiger partial charge in [-0.05, 0) is 49.2 Å². The Balaban J connectivity index is 2.24. The molecule has 0 heterocycles. The number of nitrogens with zero attached hydrogens (tertiary/aromatic N) is 2. The van der Waals surface area contributed by atoms with Gasteiger partial charge in [-0.15, -0.1) is 0 Å². The molecule has 0 unspecified atom stereocenters. The summed E-state index contributed by atoms with van der Waals surface area (Å²) in [5.74, 6) is 0. The Labute approximate surface area is 118 Å². The Hall–Kier alpha value is -2.62. The first-order chi connectivity index (χ1) is 9.56. The van der Waals surface area contributed by atoms with Crippen molar-refractivity contribution in [3.63, 3.8) is 0 Å². The van der Waals surface area contributed by atoms with Crippen molar-refractivity contribution in [2.75, 3.05) is 11.5 Å². The second-order valence-corrected chi connectivity index (χ2v) is 4.62. The lowest BCUT2D eigenvalue weighted by atomic mass is 10.1. The Morgan fingerprint density at radius 3 is 1.50 bits per heavy atom. The molecule has 4 heteroatoms. The van der Waals surface area contributed by atoms with Crippen LogP contribution in [0.2, 0.25) is 0 Å². The number of anilines is 2. The van der Waals surface area contributed by atoms with Crippen LogP contribution in [0.1, 0.15) is 25.0 Å². The highest BCUT2D eigenvalue weighted by Crippen LogP contribution is 2.10. The molecule has 0 amide bonds. The van der Waals surface area contributed by atoms with Crippen LogP contribution in [-0.4, -0.2) is 11.4 Å². The fraction of sp³-hybridized carbons (Fsp3) is 0.125. The number of nitrogens with two attached hydrogens (primary N) is 2. The highest BCUT2D eigenvalue weighted by Gasteiger charge is 1.99. The van der Waals surface area contributed by atoms with Crippen LogP contribution in [0.3, 0.4) is 0 Å². The summed E-state index contributed by atoms with van der Waals surface area (Å²) in [6, 6.07) is 15.2. The van der Waals surface area contributed by atoms with Crippen molar-refractivity contribution in [3.8, 4) is 0 Å². The topological polar surface area (TPSA) is 76.8 Å². The second kappa shape index (κ2) is 6.02. The molecule has 0 radical (unpaired) electrons. The Morgan fingerprint density at radius 1 is 0.750 bits per heavy atom. The van der Waals surface area contributed by atoms with Gasteiger partial charge < -0.3 is 11.5 Å². The standard InChI is InChI=1S/C16H18N4/c1-11(13-5-3-7-15(17)9-13)19-20-12(2)14-6-4-8-16(18)10-14/h3-10H,17-18H2,1-2H3/b19-11+,20-12+. The zero-order chi connectivity index (χ0) is 14.5. The summed E-state index contributed by atoms with van der Waals surface area (Å²) in [5, 5.41) is 8.50. The number of hydrogen-bond acceptors (Lipinski definition) is 4. The van der Waals surface area contributed by atoms with E-state index in [0.29, 0.717) is 11.4 Å². The number of nitrogen functional groups attached to an aromatic ring is 2. The molecule has 2 aromatic carbocycles. The molecule has 102 valence electrons. The highest BCUT2D eigenvalue weighted by atomic mass is 15.2. The summed E-state index contributed by atoms with van der Waals surface area (Å²) in [5.41, 5.74) is 16.5. The molecule has 0 saturated heterocycles. The van der Waals surface area contributed by atoms with E-state index in [2.05, 4.69) is 10.2 Å². The van der Waals surface area contributed by atoms with E-state index in [0.717, 1.165) is 22.6 Å². The Kier molecular flexibility index (Phi) is 4.15. The first kappa shape index (κ1) is 13.8. The van der Waals surface area contributed by atoms with Crippen molar-refractivity contribution >= 4 is 22.8 Å². The molecule has 4 N–H and O–H groups in total. The van der Waals surface area contributed by atoms with Crippen LogP contribution in [0.25, 0.3) is 0 Å². The summed E-state index contributed by atoms with van der Waals surface area (Å²) in [7, 11) is 0. The van der Waals surface area contributed by atoms with Crippen LogP contribution < -0.4 is 11.5 Å². The van der Waals surface area contributed by atoms with E-state index in [-0.39, 0.29) is 0 Å². The van der Waals surface area contributed by atoms with Gasteiger partial charge in [0.05, 0.1) is 11.4 Å². The third-order valence-corrected chi connectivity index (χ3v) is 2.96. The normalized spacial score (nSPS) is 12.5. The molecule has 20 heavy (non-hydrogen) atoms. The van der Waals surface area contributed by atoms with Gasteiger partial charge in [0.2, 0.25) is 0 Å². The lowest BCUT2D eigenvalue weighted by molar-refractivity contribution is 1.22. The molecule has 0 aliphatic carbocycles. The molecular weight excluding hydrogens is 248 g/mol. The van der Waals surface area contributed by atoms with Gasteiger partial charge in [-0.2, -0.15) is 10.2 Å². The lowest BCUT2D eigenvalue weighted by Crippen LogP contribution is -1.98. The minimum absolute atomic E-state index is 0.716. The number of rotatable bonds is 3. The highest BCUT2D eigenvalue weighted by molar-refractivity contribution is 6.02. The maximum absolute atomic E-state index is 5.76. The molecule has 0 bridgehead atoms. The average Bonchev–Trinajstić information content (AvgIpc) is 2.44. The summed E-state index contributed by atoms with van der Waals surface area (Å²) in [4.78, 5) is 0. The van der Waals surface area contributed by atoms with E-state index in [1.165, 1.54) is 0 Å². The fourth-order valence-electron chi connectivity index (χ4n) is 1.79. The second-order valence-electron chi connectivity index (χ2n) is 4.62. The van der Waals surface area contributed by atoms with Crippen LogP contribution in [0.5, 0.6) is 0 Å². The monoisotopic (exact) mass is 266 g/mol. The molecule has 0 aliphatic heterocycles. The fourth-order valence-corrected chi connectivity index (χ4v) is 1.79. The Bertz CT molecular complexity index is 612. The molecule has 2 rings (SSSR count). The molecule has 4 nitrogen and oxygen atoms in total. The van der Waals surface area contributed by atoms with Crippen molar-refractivity contribution in [1.29, 1.82) is 0 Å². The van der Waals surface area contributed by atoms with Gasteiger partial charge in [0.15, 0.2) is 0 Å². The van der Waals surface area contributed by atoms with Crippen LogP contribution in [-0.2, 0) is 0 Å². The van der Waals surface area contributed by atoms with Crippen molar-refractivity contribution < 1.29 is 0 Å². The van der Waals surface area contributed by atoms with E-state index in [9.17, 15) is 0 Å². The van der Waals surface area contributed by atoms with Gasteiger partial charge in [0.1, 0.15) is 0 Å². The Morgan fingerprint density at radius 2 is 1.15 bits per heavy atom. The summed E-state index contributed by atoms with van der Waals surface area (Å²) in [6.45, 7) is 3.82. The third-order valence-electron chi connectivity index (χ3n) is 2.96. The largest absolute Gasteiger partial charge is 0.399 e. The summed E-state index contributed by atoms with van der Waals surface area (Å²) in [6.07, 6.45) is 0. The van der Waals surface area contributed by atoms with Gasteiger partial charge in [0, 0.05) is 11.4 Å². The van der Waals surface area contributed by atoms with Gasteiger partial charge in [-0.1, -0.05) is 24.3 Å². The zero-order valence-corrected chi connectivity index (χ0v) is 11.7. The summed E-state index contributed by atoms with van der Waals surface area (Å²) < 4.78 is 0. The maximum atomic E-state index is 5.76. The minimum atomic E-state index is 0.716. The van der Waals surface area contributed by atoms with E-state index in [1.807, 2.05) is 62.4 Å². The van der Waals surface area contributed by atoms with Crippen molar-refractivity contribution in [3.05, 3.63) is 59.7 Å². The van der Waals surface area contributed by atoms with Crippen molar-refractivity contribution in [2.45, 2.75) is 13.8 Å². The third kappa shape index (κ3) is 3.45. The van der Waals surface area contributed by atoms with Gasteiger partial charge in [-0.3, -0.25) is 0 Å². The number of benzene rings is 2. The molecule has 0 aromatic heterocycles. The van der Waals surface area contributed by atoms with Gasteiger partial charge >= 0.3 is 0 Å². The molecule has 0 fully saturated rings. The van der Waals surface area contributed by atoms with Crippen molar-refractivity contribution in [1.82, 2.24) is 0 Å². The van der Waals surface area contributed by atoms with Gasteiger partial charge in [0.25, 0.3) is 0 Å². The van der Waals surface area contributed by atoms with E-state index >= 15 is 0 Å². The van der Waals surface area contributed by atoms with E-state index < -0.39 is 0 Å². The van der Waals surface area contributed by atoms with Crippen LogP contribution in [0.4, 0.5) is 11.4 Å². The van der Waals surface area contributed by atoms with E-state index in [1.54, 1.807) is 0 Å². The molecular formula is C16H18N4. The predicted octanol–water partition coefficient (Wildman–Crippen LogP) is 3.08. The average molecular weight is 266 g/mol. The van der Waals surface area contributed by atoms with Crippen LogP contribution in [0, 0.1) is 0 Å². The molecule has 0 atom stereocenters. The summed E-state index contributed by atoms with van der Waals surface area (Å²) >= 11 is 0. The molecule has 2 aromatic rings. The van der Waals surface area contributed by atoms with Crippen LogP contribution >= 0.6 is 0 Å².